The van der Waals surface area contributed by atoms with E-state index in [1.54, 1.807) is 0 Å². The van der Waals surface area contributed by atoms with Gasteiger partial charge in [-0.15, -0.1) is 11.6 Å². The summed E-state index contributed by atoms with van der Waals surface area (Å²) in [5, 5.41) is 9.32. The van der Waals surface area contributed by atoms with Crippen LogP contribution in [-0.2, 0) is 4.79 Å². The highest BCUT2D eigenvalue weighted by Gasteiger charge is 2.36. The molecule has 0 saturated heterocycles. The predicted molar refractivity (Wildman–Crippen MR) is 133 cm³/mol. The van der Waals surface area contributed by atoms with Crippen molar-refractivity contribution in [2.45, 2.75) is 104 Å². The lowest BCUT2D eigenvalue weighted by Gasteiger charge is -2.36. The fourth-order valence-electron chi connectivity index (χ4n) is 4.72. The number of nitriles is 1. The van der Waals surface area contributed by atoms with Gasteiger partial charge in [-0.25, -0.2) is 0 Å². The summed E-state index contributed by atoms with van der Waals surface area (Å²) in [5.74, 6) is 2.13. The molecule has 4 heteroatoms. The van der Waals surface area contributed by atoms with E-state index in [0.29, 0.717) is 17.6 Å². The molecule has 3 nitrogen and oxygen atoms in total. The third kappa shape index (κ3) is 8.11. The van der Waals surface area contributed by atoms with E-state index in [4.69, 9.17) is 16.3 Å². The van der Waals surface area contributed by atoms with E-state index < -0.39 is 11.3 Å². The van der Waals surface area contributed by atoms with Crippen LogP contribution >= 0.6 is 11.6 Å². The number of halogens is 1. The molecule has 1 aromatic rings. The SMILES string of the molecule is CC(C)CCCC(C)CCC1(C#N)CCC(c2ccc(OC(=O)C(Cl)C(C)C)cc2)CC1. The average molecular weight is 460 g/mol. The van der Waals surface area contributed by atoms with E-state index in [9.17, 15) is 10.1 Å². The van der Waals surface area contributed by atoms with Gasteiger partial charge in [0.1, 0.15) is 11.1 Å². The lowest BCUT2D eigenvalue weighted by atomic mass is 9.67. The largest absolute Gasteiger partial charge is 0.425 e. The molecule has 0 aliphatic heterocycles. The van der Waals surface area contributed by atoms with E-state index in [2.05, 4.69) is 39.0 Å². The van der Waals surface area contributed by atoms with Crippen molar-refractivity contribution in [3.8, 4) is 11.8 Å². The standard InChI is InChI=1S/C28H42ClNO2/c1-20(2)7-6-8-22(5)13-16-28(19-30)17-14-24(15-18-28)23-9-11-25(12-10-23)32-27(31)26(29)21(3)4/h9-12,20-22,24,26H,6-8,13-18H2,1-5H3. The Morgan fingerprint density at radius 1 is 1.09 bits per heavy atom. The van der Waals surface area contributed by atoms with Crippen molar-refractivity contribution < 1.29 is 9.53 Å². The second kappa shape index (κ2) is 12.6. The number of rotatable bonds is 11. The van der Waals surface area contributed by atoms with E-state index in [-0.39, 0.29) is 11.3 Å². The summed E-state index contributed by atoms with van der Waals surface area (Å²) in [6, 6.07) is 10.5. The first-order valence-corrected chi connectivity index (χ1v) is 13.0. The van der Waals surface area contributed by atoms with E-state index in [0.717, 1.165) is 44.4 Å². The number of carbonyl (C=O) groups is 1. The van der Waals surface area contributed by atoms with Gasteiger partial charge < -0.3 is 4.74 Å². The summed E-state index contributed by atoms with van der Waals surface area (Å²) in [7, 11) is 0. The van der Waals surface area contributed by atoms with Crippen LogP contribution in [0.1, 0.15) is 104 Å². The highest BCUT2D eigenvalue weighted by atomic mass is 35.5. The zero-order valence-electron chi connectivity index (χ0n) is 20.7. The van der Waals surface area contributed by atoms with E-state index in [1.165, 1.54) is 24.8 Å². The number of hydrogen-bond acceptors (Lipinski definition) is 3. The van der Waals surface area contributed by atoms with Crippen molar-refractivity contribution in [3.63, 3.8) is 0 Å². The number of esters is 1. The molecule has 2 atom stereocenters. The molecule has 0 aromatic heterocycles. The zero-order chi connectivity index (χ0) is 23.7. The molecule has 0 N–H and O–H groups in total. The fraction of sp³-hybridized carbons (Fsp3) is 0.714. The first-order valence-electron chi connectivity index (χ1n) is 12.5. The Bertz CT molecular complexity index is 742. The maximum atomic E-state index is 12.1. The number of nitrogens with zero attached hydrogens (tertiary/aromatic N) is 1. The van der Waals surface area contributed by atoms with E-state index in [1.807, 2.05) is 26.0 Å². The van der Waals surface area contributed by atoms with Crippen LogP contribution in [0.5, 0.6) is 5.75 Å². The summed E-state index contributed by atoms with van der Waals surface area (Å²) >= 11 is 6.09. The Kier molecular flexibility index (Phi) is 10.6. The lowest BCUT2D eigenvalue weighted by Crippen LogP contribution is -2.26. The summed E-state index contributed by atoms with van der Waals surface area (Å²) in [5.41, 5.74) is 1.12. The molecule has 178 valence electrons. The minimum absolute atomic E-state index is 0.0362. The number of carbonyl (C=O) groups excluding carboxylic acids is 1. The summed E-state index contributed by atoms with van der Waals surface area (Å²) in [4.78, 5) is 12.1. The lowest BCUT2D eigenvalue weighted by molar-refractivity contribution is -0.134. The topological polar surface area (TPSA) is 50.1 Å². The van der Waals surface area contributed by atoms with E-state index >= 15 is 0 Å². The van der Waals surface area contributed by atoms with Gasteiger partial charge in [0, 0.05) is 0 Å². The van der Waals surface area contributed by atoms with Gasteiger partial charge in [0.05, 0.1) is 11.5 Å². The molecule has 0 heterocycles. The van der Waals surface area contributed by atoms with Gasteiger partial charge in [-0.05, 0) is 79.9 Å². The molecular formula is C28H42ClNO2. The Hall–Kier alpha value is -1.53. The molecule has 0 radical (unpaired) electrons. The molecule has 32 heavy (non-hydrogen) atoms. The van der Waals surface area contributed by atoms with Crippen LogP contribution in [0.25, 0.3) is 0 Å². The molecule has 1 aliphatic carbocycles. The second-order valence-corrected chi connectivity index (χ2v) is 11.2. The van der Waals surface area contributed by atoms with Gasteiger partial charge >= 0.3 is 5.97 Å². The van der Waals surface area contributed by atoms with Crippen LogP contribution in [-0.4, -0.2) is 11.3 Å². The van der Waals surface area contributed by atoms with Gasteiger partial charge in [0.15, 0.2) is 0 Å². The second-order valence-electron chi connectivity index (χ2n) is 10.8. The molecule has 1 aliphatic rings. The summed E-state index contributed by atoms with van der Waals surface area (Å²) < 4.78 is 5.41. The Labute approximate surface area is 200 Å². The molecule has 0 bridgehead atoms. The first kappa shape index (κ1) is 26.7. The maximum absolute atomic E-state index is 12.1. The number of ether oxygens (including phenoxy) is 1. The molecule has 1 aromatic carbocycles. The van der Waals surface area contributed by atoms with Crippen molar-refractivity contribution >= 4 is 17.6 Å². The van der Waals surface area contributed by atoms with Gasteiger partial charge in [-0.1, -0.05) is 66.0 Å². The highest BCUT2D eigenvalue weighted by Crippen LogP contribution is 2.46. The highest BCUT2D eigenvalue weighted by molar-refractivity contribution is 6.30. The zero-order valence-corrected chi connectivity index (χ0v) is 21.5. The van der Waals surface area contributed by atoms with Gasteiger partial charge in [0.2, 0.25) is 0 Å². The Morgan fingerprint density at radius 3 is 2.25 bits per heavy atom. The number of benzene rings is 1. The molecule has 1 fully saturated rings. The van der Waals surface area contributed by atoms with Gasteiger partial charge in [0.25, 0.3) is 0 Å². The molecule has 0 spiro atoms. The van der Waals surface area contributed by atoms with Crippen LogP contribution in [0.15, 0.2) is 24.3 Å². The van der Waals surface area contributed by atoms with Crippen LogP contribution in [0.4, 0.5) is 0 Å². The fourth-order valence-corrected chi connectivity index (χ4v) is 4.76. The maximum Gasteiger partial charge on any atom is 0.329 e. The molecule has 2 rings (SSSR count). The van der Waals surface area contributed by atoms with Gasteiger partial charge in [-0.3, -0.25) is 4.79 Å². The van der Waals surface area contributed by atoms with Crippen LogP contribution in [0, 0.1) is 34.5 Å². The minimum Gasteiger partial charge on any atom is -0.425 e. The van der Waals surface area contributed by atoms with Crippen molar-refractivity contribution in [2.24, 2.45) is 23.2 Å². The predicted octanol–water partition coefficient (Wildman–Crippen LogP) is 8.27. The van der Waals surface area contributed by atoms with Crippen molar-refractivity contribution in [1.82, 2.24) is 0 Å². The van der Waals surface area contributed by atoms with Crippen LogP contribution in [0.2, 0.25) is 0 Å². The molecule has 0 amide bonds. The molecular weight excluding hydrogens is 418 g/mol. The first-order chi connectivity index (χ1) is 15.2. The third-order valence-corrected chi connectivity index (χ3v) is 7.84. The summed E-state index contributed by atoms with van der Waals surface area (Å²) in [6.07, 6.45) is 10.1. The van der Waals surface area contributed by atoms with Gasteiger partial charge in [-0.2, -0.15) is 5.26 Å². The molecule has 2 unspecified atom stereocenters. The van der Waals surface area contributed by atoms with Crippen LogP contribution < -0.4 is 4.74 Å². The van der Waals surface area contributed by atoms with Crippen molar-refractivity contribution in [3.05, 3.63) is 29.8 Å². The normalized spacial score (nSPS) is 23.0. The van der Waals surface area contributed by atoms with Crippen molar-refractivity contribution in [2.75, 3.05) is 0 Å². The van der Waals surface area contributed by atoms with Crippen molar-refractivity contribution in [1.29, 1.82) is 5.26 Å². The molecule has 1 saturated carbocycles. The monoisotopic (exact) mass is 459 g/mol. The van der Waals surface area contributed by atoms with Crippen LogP contribution in [0.3, 0.4) is 0 Å². The third-order valence-electron chi connectivity index (χ3n) is 7.15. The Morgan fingerprint density at radius 2 is 1.72 bits per heavy atom. The summed E-state index contributed by atoms with van der Waals surface area (Å²) in [6.45, 7) is 10.7. The Balaban J connectivity index is 1.84. The average Bonchev–Trinajstić information content (AvgIpc) is 2.77. The quantitative estimate of drug-likeness (QED) is 0.190. The smallest absolute Gasteiger partial charge is 0.329 e. The minimum atomic E-state index is -0.634. The number of hydrogen-bond donors (Lipinski definition) is 0. The number of alkyl halides is 1.